The number of nitriles is 1. The molecule has 0 saturated heterocycles. The average molecular weight is 291 g/mol. The molecule has 0 aliphatic carbocycles. The van der Waals surface area contributed by atoms with Crippen LogP contribution in [-0.4, -0.2) is 36.9 Å². The van der Waals surface area contributed by atoms with E-state index in [9.17, 15) is 9.59 Å². The SMILES string of the molecule is COC(CNC(=O)Nc1cc(C#N)ccc1C)CC(=O)O. The van der Waals surface area contributed by atoms with Crippen molar-refractivity contribution in [1.29, 1.82) is 5.26 Å². The molecule has 0 aliphatic heterocycles. The van der Waals surface area contributed by atoms with Gasteiger partial charge in [0.15, 0.2) is 0 Å². The van der Waals surface area contributed by atoms with Crippen molar-refractivity contribution in [3.63, 3.8) is 0 Å². The van der Waals surface area contributed by atoms with Crippen molar-refractivity contribution in [2.24, 2.45) is 0 Å². The smallest absolute Gasteiger partial charge is 0.319 e. The van der Waals surface area contributed by atoms with E-state index in [-0.39, 0.29) is 13.0 Å². The number of carbonyl (C=O) groups is 2. The van der Waals surface area contributed by atoms with E-state index in [0.717, 1.165) is 5.56 Å². The fourth-order valence-electron chi connectivity index (χ4n) is 1.63. The summed E-state index contributed by atoms with van der Waals surface area (Å²) in [5.41, 5.74) is 1.79. The Labute approximate surface area is 122 Å². The van der Waals surface area contributed by atoms with Crippen LogP contribution in [0.5, 0.6) is 0 Å². The Kier molecular flexibility index (Phi) is 6.17. The summed E-state index contributed by atoms with van der Waals surface area (Å²) in [4.78, 5) is 22.3. The number of hydrogen-bond donors (Lipinski definition) is 3. The van der Waals surface area contributed by atoms with Crippen LogP contribution in [0.25, 0.3) is 0 Å². The second kappa shape index (κ2) is 7.87. The van der Waals surface area contributed by atoms with Crippen LogP contribution in [0.1, 0.15) is 17.5 Å². The molecular weight excluding hydrogens is 274 g/mol. The van der Waals surface area contributed by atoms with Crippen molar-refractivity contribution in [1.82, 2.24) is 5.32 Å². The van der Waals surface area contributed by atoms with Crippen LogP contribution in [0.4, 0.5) is 10.5 Å². The molecule has 0 fully saturated rings. The second-order valence-electron chi connectivity index (χ2n) is 4.43. The minimum absolute atomic E-state index is 0.0750. The van der Waals surface area contributed by atoms with Gasteiger partial charge in [-0.1, -0.05) is 6.07 Å². The number of aliphatic carboxylic acids is 1. The number of hydrogen-bond acceptors (Lipinski definition) is 4. The van der Waals surface area contributed by atoms with Gasteiger partial charge in [-0.05, 0) is 24.6 Å². The lowest BCUT2D eigenvalue weighted by atomic mass is 10.1. The van der Waals surface area contributed by atoms with Crippen LogP contribution in [0.2, 0.25) is 0 Å². The molecule has 21 heavy (non-hydrogen) atoms. The number of aryl methyl sites for hydroxylation is 1. The normalized spacial score (nSPS) is 11.3. The predicted octanol–water partition coefficient (Wildman–Crippen LogP) is 1.48. The highest BCUT2D eigenvalue weighted by molar-refractivity contribution is 5.90. The van der Waals surface area contributed by atoms with Crippen molar-refractivity contribution in [2.45, 2.75) is 19.4 Å². The minimum Gasteiger partial charge on any atom is -0.481 e. The number of nitrogens with zero attached hydrogens (tertiary/aromatic N) is 1. The van der Waals surface area contributed by atoms with Gasteiger partial charge >= 0.3 is 12.0 Å². The van der Waals surface area contributed by atoms with E-state index in [1.54, 1.807) is 25.1 Å². The Morgan fingerprint density at radius 3 is 2.76 bits per heavy atom. The number of carboxylic acids is 1. The zero-order valence-corrected chi connectivity index (χ0v) is 11.8. The first-order chi connectivity index (χ1) is 9.96. The lowest BCUT2D eigenvalue weighted by molar-refractivity contribution is -0.139. The molecule has 0 spiro atoms. The Balaban J connectivity index is 2.58. The van der Waals surface area contributed by atoms with E-state index >= 15 is 0 Å². The summed E-state index contributed by atoms with van der Waals surface area (Å²) < 4.78 is 4.96. The fourth-order valence-corrected chi connectivity index (χ4v) is 1.63. The average Bonchev–Trinajstić information content (AvgIpc) is 2.45. The minimum atomic E-state index is -0.998. The van der Waals surface area contributed by atoms with E-state index in [4.69, 9.17) is 15.1 Å². The molecule has 1 rings (SSSR count). The van der Waals surface area contributed by atoms with E-state index in [1.165, 1.54) is 7.11 Å². The van der Waals surface area contributed by atoms with Gasteiger partial charge in [-0.2, -0.15) is 5.26 Å². The Morgan fingerprint density at radius 1 is 1.48 bits per heavy atom. The molecule has 1 unspecified atom stereocenters. The van der Waals surface area contributed by atoms with E-state index < -0.39 is 18.1 Å². The number of methoxy groups -OCH3 is 1. The zero-order chi connectivity index (χ0) is 15.8. The predicted molar refractivity (Wildman–Crippen MR) is 76.0 cm³/mol. The standard InChI is InChI=1S/C14H17N3O4/c1-9-3-4-10(7-15)5-12(9)17-14(20)16-8-11(21-2)6-13(18)19/h3-5,11H,6,8H2,1-2H3,(H,18,19)(H2,16,17,20). The first kappa shape index (κ1) is 16.5. The third-order valence-corrected chi connectivity index (χ3v) is 2.84. The summed E-state index contributed by atoms with van der Waals surface area (Å²) >= 11 is 0. The molecule has 1 aromatic carbocycles. The maximum absolute atomic E-state index is 11.8. The van der Waals surface area contributed by atoms with E-state index in [2.05, 4.69) is 10.6 Å². The van der Waals surface area contributed by atoms with Gasteiger partial charge in [0.25, 0.3) is 0 Å². The van der Waals surface area contributed by atoms with Gasteiger partial charge < -0.3 is 20.5 Å². The molecule has 0 aromatic heterocycles. The maximum atomic E-state index is 11.8. The van der Waals surface area contributed by atoms with Gasteiger partial charge in [0.2, 0.25) is 0 Å². The summed E-state index contributed by atoms with van der Waals surface area (Å²) in [5.74, 6) is -0.998. The van der Waals surface area contributed by atoms with Crippen LogP contribution in [0.3, 0.4) is 0 Å². The number of urea groups is 1. The fraction of sp³-hybridized carbons (Fsp3) is 0.357. The molecule has 0 aliphatic rings. The number of benzene rings is 1. The Hall–Kier alpha value is -2.59. The molecule has 0 saturated carbocycles. The number of anilines is 1. The van der Waals surface area contributed by atoms with Crippen LogP contribution < -0.4 is 10.6 Å². The van der Waals surface area contributed by atoms with E-state index in [0.29, 0.717) is 11.3 Å². The second-order valence-corrected chi connectivity index (χ2v) is 4.43. The maximum Gasteiger partial charge on any atom is 0.319 e. The first-order valence-corrected chi connectivity index (χ1v) is 6.26. The van der Waals surface area contributed by atoms with Crippen LogP contribution >= 0.6 is 0 Å². The summed E-state index contributed by atoms with van der Waals surface area (Å²) in [6.45, 7) is 1.88. The van der Waals surface area contributed by atoms with Gasteiger partial charge in [-0.25, -0.2) is 4.79 Å². The lowest BCUT2D eigenvalue weighted by Crippen LogP contribution is -2.37. The zero-order valence-electron chi connectivity index (χ0n) is 11.8. The topological polar surface area (TPSA) is 111 Å². The molecule has 3 N–H and O–H groups in total. The van der Waals surface area contributed by atoms with Crippen molar-refractivity contribution >= 4 is 17.7 Å². The number of carboxylic acid groups (broad SMARTS) is 1. The molecule has 1 aromatic rings. The van der Waals surface area contributed by atoms with Crippen molar-refractivity contribution in [3.8, 4) is 6.07 Å². The largest absolute Gasteiger partial charge is 0.481 e. The third-order valence-electron chi connectivity index (χ3n) is 2.84. The molecule has 7 heteroatoms. The van der Waals surface area contributed by atoms with Gasteiger partial charge in [-0.15, -0.1) is 0 Å². The quantitative estimate of drug-likeness (QED) is 0.735. The first-order valence-electron chi connectivity index (χ1n) is 6.26. The van der Waals surface area contributed by atoms with Gasteiger partial charge in [0, 0.05) is 19.3 Å². The summed E-state index contributed by atoms with van der Waals surface area (Å²) in [6.07, 6.45) is -0.792. The molecule has 112 valence electrons. The molecule has 7 nitrogen and oxygen atoms in total. The third kappa shape index (κ3) is 5.50. The molecule has 0 bridgehead atoms. The molecule has 1 atom stereocenters. The highest BCUT2D eigenvalue weighted by Crippen LogP contribution is 2.16. The molecular formula is C14H17N3O4. The monoisotopic (exact) mass is 291 g/mol. The van der Waals surface area contributed by atoms with Gasteiger partial charge in [-0.3, -0.25) is 4.79 Å². The number of amides is 2. The van der Waals surface area contributed by atoms with Crippen molar-refractivity contribution < 1.29 is 19.4 Å². The Morgan fingerprint density at radius 2 is 2.19 bits per heavy atom. The van der Waals surface area contributed by atoms with E-state index in [1.807, 2.05) is 6.07 Å². The number of nitrogens with one attached hydrogen (secondary N) is 2. The highest BCUT2D eigenvalue weighted by Gasteiger charge is 2.14. The number of ether oxygens (including phenoxy) is 1. The van der Waals surface area contributed by atoms with Crippen LogP contribution in [-0.2, 0) is 9.53 Å². The lowest BCUT2D eigenvalue weighted by Gasteiger charge is -2.15. The van der Waals surface area contributed by atoms with Crippen molar-refractivity contribution in [3.05, 3.63) is 29.3 Å². The van der Waals surface area contributed by atoms with Gasteiger partial charge in [0.1, 0.15) is 0 Å². The highest BCUT2D eigenvalue weighted by atomic mass is 16.5. The molecule has 0 heterocycles. The molecule has 0 radical (unpaired) electrons. The molecule has 2 amide bonds. The summed E-state index contributed by atoms with van der Waals surface area (Å²) in [7, 11) is 1.38. The van der Waals surface area contributed by atoms with Crippen LogP contribution in [0.15, 0.2) is 18.2 Å². The van der Waals surface area contributed by atoms with Crippen LogP contribution in [0, 0.1) is 18.3 Å². The Bertz CT molecular complexity index is 566. The van der Waals surface area contributed by atoms with Crippen molar-refractivity contribution in [2.75, 3.05) is 19.0 Å². The summed E-state index contributed by atoms with van der Waals surface area (Å²) in [5, 5.41) is 22.6. The number of rotatable bonds is 6. The summed E-state index contributed by atoms with van der Waals surface area (Å²) in [6, 6.07) is 6.47. The van der Waals surface area contributed by atoms with Gasteiger partial charge in [0.05, 0.1) is 24.2 Å². The number of carbonyl (C=O) groups excluding carboxylic acids is 1.